The van der Waals surface area contributed by atoms with Crippen molar-refractivity contribution in [1.29, 1.82) is 0 Å². The van der Waals surface area contributed by atoms with E-state index in [4.69, 9.17) is 0 Å². The van der Waals surface area contributed by atoms with Gasteiger partial charge >= 0.3 is 5.97 Å². The Balaban J connectivity index is 1.74. The molecule has 3 rings (SSSR count). The van der Waals surface area contributed by atoms with Gasteiger partial charge < -0.3 is 10.4 Å². The van der Waals surface area contributed by atoms with Gasteiger partial charge in [0.25, 0.3) is 5.91 Å². The lowest BCUT2D eigenvalue weighted by Gasteiger charge is -2.38. The molecule has 5 heteroatoms. The molecule has 1 aromatic rings. The van der Waals surface area contributed by atoms with Gasteiger partial charge in [-0.1, -0.05) is 12.8 Å². The Morgan fingerprint density at radius 3 is 2.86 bits per heavy atom. The molecule has 1 aromatic heterocycles. The van der Waals surface area contributed by atoms with E-state index in [0.717, 1.165) is 37.0 Å². The summed E-state index contributed by atoms with van der Waals surface area (Å²) in [6.45, 7) is 1.76. The number of carbonyl (C=O) groups is 2. The number of rotatable bonds is 3. The first-order chi connectivity index (χ1) is 10.0. The van der Waals surface area contributed by atoms with Crippen LogP contribution in [0.4, 0.5) is 0 Å². The van der Waals surface area contributed by atoms with Gasteiger partial charge in [-0.3, -0.25) is 9.59 Å². The maximum atomic E-state index is 12.4. The van der Waals surface area contributed by atoms with Gasteiger partial charge in [-0.25, -0.2) is 0 Å². The number of carboxylic acid groups (broad SMARTS) is 1. The minimum atomic E-state index is -0.839. The van der Waals surface area contributed by atoms with Crippen molar-refractivity contribution in [3.05, 3.63) is 21.4 Å². The standard InChI is InChI=1S/C16H21NO3S/c1-16(15(19)20)8-3-2-7-13(16)17-14(18)12-9-10-5-4-6-11(10)21-12/h9,13H,2-8H2,1H3,(H,17,18)(H,19,20). The minimum absolute atomic E-state index is 0.103. The summed E-state index contributed by atoms with van der Waals surface area (Å²) in [6, 6.07) is 1.72. The predicted molar refractivity (Wildman–Crippen MR) is 81.8 cm³/mol. The summed E-state index contributed by atoms with van der Waals surface area (Å²) in [5, 5.41) is 12.5. The molecule has 2 atom stereocenters. The van der Waals surface area contributed by atoms with Gasteiger partial charge in [-0.15, -0.1) is 11.3 Å². The molecule has 1 heterocycles. The number of carbonyl (C=O) groups excluding carboxylic acids is 1. The van der Waals surface area contributed by atoms with E-state index in [1.807, 2.05) is 6.07 Å². The van der Waals surface area contributed by atoms with Crippen molar-refractivity contribution in [2.75, 3.05) is 0 Å². The lowest BCUT2D eigenvalue weighted by Crippen LogP contribution is -2.52. The van der Waals surface area contributed by atoms with Gasteiger partial charge in [-0.2, -0.15) is 0 Å². The molecule has 1 fully saturated rings. The van der Waals surface area contributed by atoms with Crippen molar-refractivity contribution in [3.63, 3.8) is 0 Å². The van der Waals surface area contributed by atoms with Crippen molar-refractivity contribution >= 4 is 23.2 Å². The Morgan fingerprint density at radius 2 is 2.14 bits per heavy atom. The van der Waals surface area contributed by atoms with Crippen LogP contribution in [-0.4, -0.2) is 23.0 Å². The average Bonchev–Trinajstić information content (AvgIpc) is 3.02. The average molecular weight is 307 g/mol. The van der Waals surface area contributed by atoms with Crippen molar-refractivity contribution in [2.24, 2.45) is 5.41 Å². The van der Waals surface area contributed by atoms with Crippen LogP contribution in [0.25, 0.3) is 0 Å². The fourth-order valence-electron chi connectivity index (χ4n) is 3.49. The monoisotopic (exact) mass is 307 g/mol. The molecule has 0 aromatic carbocycles. The van der Waals surface area contributed by atoms with Crippen LogP contribution in [0.5, 0.6) is 0 Å². The summed E-state index contributed by atoms with van der Waals surface area (Å²) in [7, 11) is 0. The van der Waals surface area contributed by atoms with E-state index >= 15 is 0 Å². The number of hydrogen-bond acceptors (Lipinski definition) is 3. The van der Waals surface area contributed by atoms with Crippen LogP contribution in [0.3, 0.4) is 0 Å². The number of aryl methyl sites for hydroxylation is 2. The molecule has 2 aliphatic rings. The van der Waals surface area contributed by atoms with Crippen molar-refractivity contribution in [3.8, 4) is 0 Å². The second kappa shape index (κ2) is 5.44. The largest absolute Gasteiger partial charge is 0.481 e. The zero-order valence-corrected chi connectivity index (χ0v) is 13.1. The first kappa shape index (κ1) is 14.6. The first-order valence-corrected chi connectivity index (χ1v) is 8.48. The van der Waals surface area contributed by atoms with E-state index in [1.165, 1.54) is 16.9 Å². The number of thiophene rings is 1. The summed E-state index contributed by atoms with van der Waals surface area (Å²) in [4.78, 5) is 26.1. The van der Waals surface area contributed by atoms with E-state index in [1.54, 1.807) is 18.3 Å². The molecule has 1 saturated carbocycles. The lowest BCUT2D eigenvalue weighted by atomic mass is 9.71. The van der Waals surface area contributed by atoms with Crippen molar-refractivity contribution in [1.82, 2.24) is 5.32 Å². The number of nitrogens with one attached hydrogen (secondary N) is 1. The number of fused-ring (bicyclic) bond motifs is 1. The number of carboxylic acids is 1. The molecule has 1 amide bonds. The van der Waals surface area contributed by atoms with E-state index in [0.29, 0.717) is 6.42 Å². The smallest absolute Gasteiger partial charge is 0.311 e. The van der Waals surface area contributed by atoms with Crippen LogP contribution in [0.15, 0.2) is 6.07 Å². The highest BCUT2D eigenvalue weighted by Gasteiger charge is 2.44. The second-order valence-corrected chi connectivity index (χ2v) is 7.54. The van der Waals surface area contributed by atoms with Gasteiger partial charge in [-0.05, 0) is 50.7 Å². The Bertz CT molecular complexity index is 559. The topological polar surface area (TPSA) is 66.4 Å². The molecule has 0 bridgehead atoms. The Morgan fingerprint density at radius 1 is 1.33 bits per heavy atom. The van der Waals surface area contributed by atoms with E-state index in [-0.39, 0.29) is 11.9 Å². The zero-order valence-electron chi connectivity index (χ0n) is 12.3. The molecular weight excluding hydrogens is 286 g/mol. The van der Waals surface area contributed by atoms with Crippen LogP contribution in [0.2, 0.25) is 0 Å². The summed E-state index contributed by atoms with van der Waals surface area (Å²) in [5.74, 6) is -0.907. The molecule has 114 valence electrons. The SMILES string of the molecule is CC1(C(=O)O)CCCCC1NC(=O)c1cc2c(s1)CCC2. The van der Waals surface area contributed by atoms with Crippen LogP contribution in [0, 0.1) is 5.41 Å². The van der Waals surface area contributed by atoms with Crippen LogP contribution in [0.1, 0.15) is 59.1 Å². The Hall–Kier alpha value is -1.36. The van der Waals surface area contributed by atoms with E-state index < -0.39 is 11.4 Å². The maximum Gasteiger partial charge on any atom is 0.311 e. The minimum Gasteiger partial charge on any atom is -0.481 e. The molecule has 0 spiro atoms. The Kier molecular flexibility index (Phi) is 3.78. The van der Waals surface area contributed by atoms with Crippen LogP contribution < -0.4 is 5.32 Å². The molecule has 4 nitrogen and oxygen atoms in total. The summed E-state index contributed by atoms with van der Waals surface area (Å²) in [6.07, 6.45) is 6.60. The predicted octanol–water partition coefficient (Wildman–Crippen LogP) is 3.00. The quantitative estimate of drug-likeness (QED) is 0.902. The summed E-state index contributed by atoms with van der Waals surface area (Å²) < 4.78 is 0. The normalized spacial score (nSPS) is 28.1. The molecule has 2 aliphatic carbocycles. The zero-order chi connectivity index (χ0) is 15.0. The van der Waals surface area contributed by atoms with Crippen LogP contribution in [-0.2, 0) is 17.6 Å². The van der Waals surface area contributed by atoms with Crippen LogP contribution >= 0.6 is 11.3 Å². The highest BCUT2D eigenvalue weighted by Crippen LogP contribution is 2.37. The Labute approximate surface area is 128 Å². The molecule has 2 N–H and O–H groups in total. The molecule has 21 heavy (non-hydrogen) atoms. The van der Waals surface area contributed by atoms with Crippen molar-refractivity contribution < 1.29 is 14.7 Å². The highest BCUT2D eigenvalue weighted by molar-refractivity contribution is 7.14. The molecular formula is C16H21NO3S. The highest BCUT2D eigenvalue weighted by atomic mass is 32.1. The fraction of sp³-hybridized carbons (Fsp3) is 0.625. The van der Waals surface area contributed by atoms with E-state index in [2.05, 4.69) is 5.32 Å². The lowest BCUT2D eigenvalue weighted by molar-refractivity contribution is -0.151. The van der Waals surface area contributed by atoms with Gasteiger partial charge in [0, 0.05) is 10.9 Å². The third-order valence-electron chi connectivity index (χ3n) is 4.97. The number of hydrogen-bond donors (Lipinski definition) is 2. The maximum absolute atomic E-state index is 12.4. The van der Waals surface area contributed by atoms with Gasteiger partial charge in [0.15, 0.2) is 0 Å². The summed E-state index contributed by atoms with van der Waals surface area (Å²) >= 11 is 1.57. The molecule has 0 radical (unpaired) electrons. The van der Waals surface area contributed by atoms with Crippen molar-refractivity contribution in [2.45, 2.75) is 57.9 Å². The summed E-state index contributed by atoms with van der Waals surface area (Å²) in [5.41, 5.74) is 0.461. The first-order valence-electron chi connectivity index (χ1n) is 7.66. The van der Waals surface area contributed by atoms with Gasteiger partial charge in [0.05, 0.1) is 10.3 Å². The van der Waals surface area contributed by atoms with Gasteiger partial charge in [0.1, 0.15) is 0 Å². The fourth-order valence-corrected chi connectivity index (χ4v) is 4.65. The van der Waals surface area contributed by atoms with Gasteiger partial charge in [0.2, 0.25) is 0 Å². The van der Waals surface area contributed by atoms with E-state index in [9.17, 15) is 14.7 Å². The molecule has 2 unspecified atom stereocenters. The number of amides is 1. The molecule has 0 saturated heterocycles. The third kappa shape index (κ3) is 2.59. The molecule has 0 aliphatic heterocycles. The second-order valence-electron chi connectivity index (χ2n) is 6.41. The third-order valence-corrected chi connectivity index (χ3v) is 6.21. The number of aliphatic carboxylic acids is 1.